The number of rotatable bonds is 4. The minimum absolute atomic E-state index is 0. The lowest BCUT2D eigenvalue weighted by molar-refractivity contribution is 0.507. The molecule has 2 aromatic rings. The van der Waals surface area contributed by atoms with E-state index in [0.29, 0.717) is 10.8 Å². The van der Waals surface area contributed by atoms with E-state index < -0.39 is 10.0 Å². The highest BCUT2D eigenvalue weighted by Gasteiger charge is 2.25. The van der Waals surface area contributed by atoms with Gasteiger partial charge in [0.15, 0.2) is 0 Å². The highest BCUT2D eigenvalue weighted by atomic mass is 35.5. The van der Waals surface area contributed by atoms with Gasteiger partial charge in [0.1, 0.15) is 0 Å². The Kier molecular flexibility index (Phi) is 6.14. The number of nitrogens with one attached hydrogen (secondary N) is 1. The third kappa shape index (κ3) is 4.35. The predicted octanol–water partition coefficient (Wildman–Crippen LogP) is 4.17. The van der Waals surface area contributed by atoms with Crippen molar-refractivity contribution in [2.45, 2.75) is 50.0 Å². The Morgan fingerprint density at radius 3 is 2.44 bits per heavy atom. The lowest BCUT2D eigenvalue weighted by atomic mass is 9.88. The lowest BCUT2D eigenvalue weighted by Crippen LogP contribution is -2.31. The third-order valence-electron chi connectivity index (χ3n) is 4.64. The SMILES string of the molecule is CC(C)c1ccc(S(=O)(=O)NC2CCCc3cc(N)ccc32)cc1.Cl. The second kappa shape index (κ2) is 7.77. The first-order chi connectivity index (χ1) is 11.4. The van der Waals surface area contributed by atoms with Crippen LogP contribution >= 0.6 is 12.4 Å². The van der Waals surface area contributed by atoms with Crippen molar-refractivity contribution in [3.8, 4) is 0 Å². The minimum atomic E-state index is -3.54. The standard InChI is InChI=1S/C19H24N2O2S.ClH/c1-13(2)14-6-9-17(10-7-14)24(22,23)21-19-5-3-4-15-12-16(20)8-11-18(15)19;/h6-13,19,21H,3-5,20H2,1-2H3;1H. The first-order valence-corrected chi connectivity index (χ1v) is 9.86. The van der Waals surface area contributed by atoms with Gasteiger partial charge in [-0.15, -0.1) is 12.4 Å². The number of nitrogens with two attached hydrogens (primary N) is 1. The predicted molar refractivity (Wildman–Crippen MR) is 105 cm³/mol. The number of sulfonamides is 1. The monoisotopic (exact) mass is 380 g/mol. The van der Waals surface area contributed by atoms with Crippen LogP contribution in [0.5, 0.6) is 0 Å². The Hall–Kier alpha value is -1.56. The van der Waals surface area contributed by atoms with Crippen LogP contribution in [0.3, 0.4) is 0 Å². The largest absolute Gasteiger partial charge is 0.399 e. The summed E-state index contributed by atoms with van der Waals surface area (Å²) in [6.45, 7) is 4.18. The van der Waals surface area contributed by atoms with Crippen LogP contribution < -0.4 is 10.5 Å². The zero-order chi connectivity index (χ0) is 17.3. The maximum Gasteiger partial charge on any atom is 0.241 e. The maximum absolute atomic E-state index is 12.7. The third-order valence-corrected chi connectivity index (χ3v) is 6.12. The highest BCUT2D eigenvalue weighted by Crippen LogP contribution is 2.32. The van der Waals surface area contributed by atoms with Crippen LogP contribution in [0.4, 0.5) is 5.69 Å². The fourth-order valence-corrected chi connectivity index (χ4v) is 4.49. The Morgan fingerprint density at radius 2 is 1.80 bits per heavy atom. The second-order valence-corrected chi connectivity index (χ2v) is 8.46. The molecule has 0 saturated heterocycles. The Morgan fingerprint density at radius 1 is 1.12 bits per heavy atom. The molecule has 0 radical (unpaired) electrons. The van der Waals surface area contributed by atoms with E-state index in [9.17, 15) is 8.42 Å². The molecule has 2 aromatic carbocycles. The fraction of sp³-hybridized carbons (Fsp3) is 0.368. The van der Waals surface area contributed by atoms with Crippen LogP contribution in [-0.2, 0) is 16.4 Å². The van der Waals surface area contributed by atoms with Gasteiger partial charge in [-0.25, -0.2) is 13.1 Å². The molecule has 0 spiro atoms. The molecule has 0 heterocycles. The van der Waals surface area contributed by atoms with Crippen molar-refractivity contribution in [2.24, 2.45) is 0 Å². The van der Waals surface area contributed by atoms with E-state index in [-0.39, 0.29) is 18.4 Å². The summed E-state index contributed by atoms with van der Waals surface area (Å²) in [5, 5.41) is 0. The van der Waals surface area contributed by atoms with Crippen LogP contribution in [0.1, 0.15) is 55.3 Å². The van der Waals surface area contributed by atoms with E-state index in [0.717, 1.165) is 41.6 Å². The zero-order valence-corrected chi connectivity index (χ0v) is 16.2. The fourth-order valence-electron chi connectivity index (χ4n) is 3.24. The molecule has 0 amide bonds. The average Bonchev–Trinajstić information content (AvgIpc) is 2.54. The van der Waals surface area contributed by atoms with E-state index in [4.69, 9.17) is 5.73 Å². The first-order valence-electron chi connectivity index (χ1n) is 8.37. The van der Waals surface area contributed by atoms with Gasteiger partial charge >= 0.3 is 0 Å². The number of hydrogen-bond donors (Lipinski definition) is 2. The van der Waals surface area contributed by atoms with Gasteiger partial charge in [-0.1, -0.05) is 32.0 Å². The molecule has 1 unspecified atom stereocenters. The summed E-state index contributed by atoms with van der Waals surface area (Å²) in [5.41, 5.74) is 9.88. The van der Waals surface area contributed by atoms with Crippen LogP contribution in [0, 0.1) is 0 Å². The van der Waals surface area contributed by atoms with E-state index in [1.54, 1.807) is 12.1 Å². The molecule has 0 bridgehead atoms. The molecule has 1 aliphatic rings. The van der Waals surface area contributed by atoms with Crippen LogP contribution in [0.15, 0.2) is 47.4 Å². The molecule has 136 valence electrons. The number of halogens is 1. The summed E-state index contributed by atoms with van der Waals surface area (Å²) in [6.07, 6.45) is 2.71. The smallest absolute Gasteiger partial charge is 0.241 e. The van der Waals surface area contributed by atoms with Gasteiger partial charge in [-0.3, -0.25) is 0 Å². The number of aryl methyl sites for hydroxylation is 1. The number of benzene rings is 2. The van der Waals surface area contributed by atoms with E-state index in [1.165, 1.54) is 0 Å². The summed E-state index contributed by atoms with van der Waals surface area (Å²) in [4.78, 5) is 0.314. The lowest BCUT2D eigenvalue weighted by Gasteiger charge is -2.26. The normalized spacial score (nSPS) is 17.0. The molecule has 4 nitrogen and oxygen atoms in total. The van der Waals surface area contributed by atoms with Crippen molar-refractivity contribution in [2.75, 3.05) is 5.73 Å². The summed E-state index contributed by atoms with van der Waals surface area (Å²) >= 11 is 0. The molecule has 0 aromatic heterocycles. The van der Waals surface area contributed by atoms with Gasteiger partial charge in [0.25, 0.3) is 0 Å². The molecule has 0 fully saturated rings. The maximum atomic E-state index is 12.7. The Balaban J connectivity index is 0.00000225. The van der Waals surface area contributed by atoms with E-state index in [2.05, 4.69) is 18.6 Å². The van der Waals surface area contributed by atoms with Gasteiger partial charge in [-0.05, 0) is 66.1 Å². The van der Waals surface area contributed by atoms with Gasteiger partial charge in [0.2, 0.25) is 10.0 Å². The zero-order valence-electron chi connectivity index (χ0n) is 14.5. The minimum Gasteiger partial charge on any atom is -0.399 e. The Labute approximate surface area is 156 Å². The number of fused-ring (bicyclic) bond motifs is 1. The van der Waals surface area contributed by atoms with Crippen molar-refractivity contribution >= 4 is 28.1 Å². The van der Waals surface area contributed by atoms with E-state index >= 15 is 0 Å². The summed E-state index contributed by atoms with van der Waals surface area (Å²) < 4.78 is 28.3. The number of hydrogen-bond acceptors (Lipinski definition) is 3. The summed E-state index contributed by atoms with van der Waals surface area (Å²) in [5.74, 6) is 0.380. The molecular weight excluding hydrogens is 356 g/mol. The van der Waals surface area contributed by atoms with Gasteiger partial charge in [-0.2, -0.15) is 0 Å². The molecule has 0 aliphatic heterocycles. The van der Waals surface area contributed by atoms with Crippen LogP contribution in [-0.4, -0.2) is 8.42 Å². The van der Waals surface area contributed by atoms with E-state index in [1.807, 2.05) is 30.3 Å². The van der Waals surface area contributed by atoms with Crippen molar-refractivity contribution < 1.29 is 8.42 Å². The van der Waals surface area contributed by atoms with Gasteiger partial charge in [0, 0.05) is 11.7 Å². The second-order valence-electron chi connectivity index (χ2n) is 6.75. The molecule has 6 heteroatoms. The molecule has 3 N–H and O–H groups in total. The van der Waals surface area contributed by atoms with Crippen LogP contribution in [0.25, 0.3) is 0 Å². The summed E-state index contributed by atoms with van der Waals surface area (Å²) in [7, 11) is -3.54. The topological polar surface area (TPSA) is 72.2 Å². The van der Waals surface area contributed by atoms with Crippen molar-refractivity contribution in [1.29, 1.82) is 0 Å². The quantitative estimate of drug-likeness (QED) is 0.782. The molecular formula is C19H25ClN2O2S. The summed E-state index contributed by atoms with van der Waals surface area (Å²) in [6, 6.07) is 12.7. The van der Waals surface area contributed by atoms with Gasteiger partial charge in [0.05, 0.1) is 4.90 Å². The average molecular weight is 381 g/mol. The molecule has 1 atom stereocenters. The molecule has 1 aliphatic carbocycles. The molecule has 3 rings (SSSR count). The molecule has 0 saturated carbocycles. The Bertz CT molecular complexity index is 833. The van der Waals surface area contributed by atoms with Crippen molar-refractivity contribution in [3.63, 3.8) is 0 Å². The highest BCUT2D eigenvalue weighted by molar-refractivity contribution is 7.89. The van der Waals surface area contributed by atoms with Gasteiger partial charge < -0.3 is 5.73 Å². The van der Waals surface area contributed by atoms with Crippen LogP contribution in [0.2, 0.25) is 0 Å². The molecule has 25 heavy (non-hydrogen) atoms. The van der Waals surface area contributed by atoms with Crippen molar-refractivity contribution in [3.05, 3.63) is 59.2 Å². The van der Waals surface area contributed by atoms with Crippen molar-refractivity contribution in [1.82, 2.24) is 4.72 Å². The number of nitrogen functional groups attached to an aromatic ring is 1. The number of anilines is 1. The first kappa shape index (κ1) is 19.8.